The zero-order valence-electron chi connectivity index (χ0n) is 66.8. The highest BCUT2D eigenvalue weighted by molar-refractivity contribution is 7.47. The molecule has 3 unspecified atom stereocenters. The Hall–Kier alpha value is -1.94. The second kappa shape index (κ2) is 75.9. The van der Waals surface area contributed by atoms with Gasteiger partial charge in [0.15, 0.2) is 12.2 Å². The van der Waals surface area contributed by atoms with Gasteiger partial charge in [0, 0.05) is 25.7 Å². The van der Waals surface area contributed by atoms with Crippen molar-refractivity contribution in [2.75, 3.05) is 39.6 Å². The van der Waals surface area contributed by atoms with E-state index in [9.17, 15) is 43.2 Å². The normalized spacial score (nSPS) is 14.1. The third-order valence-electron chi connectivity index (χ3n) is 19.9. The minimum atomic E-state index is -4.96. The van der Waals surface area contributed by atoms with Crippen LogP contribution in [-0.2, 0) is 65.4 Å². The Morgan fingerprint density at radius 3 is 0.696 bits per heavy atom. The summed E-state index contributed by atoms with van der Waals surface area (Å²) in [4.78, 5) is 73.2. The molecule has 0 aliphatic rings. The van der Waals surface area contributed by atoms with Crippen molar-refractivity contribution in [2.45, 2.75) is 464 Å². The number of phosphoric ester groups is 2. The zero-order chi connectivity index (χ0) is 74.8. The van der Waals surface area contributed by atoms with Crippen LogP contribution < -0.4 is 0 Å². The summed E-state index contributed by atoms with van der Waals surface area (Å²) in [5.74, 6) is -1.32. The molecule has 0 radical (unpaired) electrons. The molecule has 0 aromatic carbocycles. The summed E-state index contributed by atoms with van der Waals surface area (Å²) in [6.07, 6.45) is 67.8. The molecule has 0 amide bonds. The van der Waals surface area contributed by atoms with Crippen LogP contribution in [-0.4, -0.2) is 96.7 Å². The maximum atomic E-state index is 13.1. The molecule has 0 bridgehead atoms. The lowest BCUT2D eigenvalue weighted by atomic mass is 9.99. The molecular weight excluding hydrogens is 1330 g/mol. The van der Waals surface area contributed by atoms with Crippen molar-refractivity contribution in [1.82, 2.24) is 0 Å². The van der Waals surface area contributed by atoms with Gasteiger partial charge in [0.2, 0.25) is 0 Å². The molecule has 0 spiro atoms. The van der Waals surface area contributed by atoms with Crippen LogP contribution in [0, 0.1) is 5.92 Å². The lowest BCUT2D eigenvalue weighted by Crippen LogP contribution is -2.30. The third-order valence-corrected chi connectivity index (χ3v) is 21.8. The van der Waals surface area contributed by atoms with E-state index < -0.39 is 97.5 Å². The first-order chi connectivity index (χ1) is 49.6. The summed E-state index contributed by atoms with van der Waals surface area (Å²) >= 11 is 0. The van der Waals surface area contributed by atoms with E-state index in [1.807, 2.05) is 0 Å². The van der Waals surface area contributed by atoms with Gasteiger partial charge in [-0.3, -0.25) is 37.3 Å². The van der Waals surface area contributed by atoms with Crippen LogP contribution in [0.3, 0.4) is 0 Å². The number of aliphatic hydroxyl groups is 1. The van der Waals surface area contributed by atoms with Gasteiger partial charge in [0.05, 0.1) is 26.4 Å². The van der Waals surface area contributed by atoms with Crippen molar-refractivity contribution in [3.8, 4) is 0 Å². The van der Waals surface area contributed by atoms with Crippen molar-refractivity contribution < 1.29 is 80.2 Å². The number of hydrogen-bond acceptors (Lipinski definition) is 15. The Morgan fingerprint density at radius 2 is 0.471 bits per heavy atom. The topological polar surface area (TPSA) is 237 Å². The van der Waals surface area contributed by atoms with Crippen molar-refractivity contribution in [2.24, 2.45) is 5.92 Å². The lowest BCUT2D eigenvalue weighted by molar-refractivity contribution is -0.161. The van der Waals surface area contributed by atoms with Crippen LogP contribution in [0.5, 0.6) is 0 Å². The van der Waals surface area contributed by atoms with E-state index in [1.54, 1.807) is 0 Å². The summed E-state index contributed by atoms with van der Waals surface area (Å²) in [6.45, 7) is 7.36. The Morgan fingerprint density at radius 1 is 0.275 bits per heavy atom. The number of unbranched alkanes of at least 4 members (excludes halogenated alkanes) is 54. The van der Waals surface area contributed by atoms with Crippen molar-refractivity contribution in [3.05, 3.63) is 0 Å². The maximum Gasteiger partial charge on any atom is 0.472 e. The quantitative estimate of drug-likeness (QED) is 0.0222. The van der Waals surface area contributed by atoms with Gasteiger partial charge < -0.3 is 33.8 Å². The zero-order valence-corrected chi connectivity index (χ0v) is 68.5. The second-order valence-corrected chi connectivity index (χ2v) is 33.0. The second-order valence-electron chi connectivity index (χ2n) is 30.1. The molecule has 606 valence electrons. The Labute approximate surface area is 626 Å². The minimum Gasteiger partial charge on any atom is -0.462 e. The number of hydrogen-bond donors (Lipinski definition) is 3. The first-order valence-corrected chi connectivity index (χ1v) is 46.2. The van der Waals surface area contributed by atoms with E-state index in [-0.39, 0.29) is 25.7 Å². The van der Waals surface area contributed by atoms with Gasteiger partial charge in [-0.2, -0.15) is 0 Å². The van der Waals surface area contributed by atoms with E-state index in [0.29, 0.717) is 25.7 Å². The molecule has 0 aromatic heterocycles. The highest BCUT2D eigenvalue weighted by Gasteiger charge is 2.30. The number of carbonyl (C=O) groups excluding carboxylic acids is 4. The highest BCUT2D eigenvalue weighted by Crippen LogP contribution is 2.45. The van der Waals surface area contributed by atoms with Gasteiger partial charge in [0.1, 0.15) is 19.3 Å². The minimum absolute atomic E-state index is 0.108. The molecule has 0 aromatic rings. The van der Waals surface area contributed by atoms with E-state index in [0.717, 1.165) is 95.8 Å². The average Bonchev–Trinajstić information content (AvgIpc) is 1.30. The molecule has 19 heteroatoms. The maximum absolute atomic E-state index is 13.1. The van der Waals surface area contributed by atoms with Crippen LogP contribution in [0.25, 0.3) is 0 Å². The summed E-state index contributed by atoms with van der Waals surface area (Å²) in [6, 6.07) is 0. The summed E-state index contributed by atoms with van der Waals surface area (Å²) in [7, 11) is -9.92. The van der Waals surface area contributed by atoms with Crippen LogP contribution >= 0.6 is 15.6 Å². The van der Waals surface area contributed by atoms with Gasteiger partial charge >= 0.3 is 39.5 Å². The number of phosphoric acid groups is 2. The first-order valence-electron chi connectivity index (χ1n) is 43.2. The monoisotopic (exact) mass is 1490 g/mol. The third kappa shape index (κ3) is 74.9. The fourth-order valence-electron chi connectivity index (χ4n) is 12.9. The average molecular weight is 1490 g/mol. The Balaban J connectivity index is 5.26. The molecule has 0 saturated heterocycles. The molecule has 0 aliphatic heterocycles. The largest absolute Gasteiger partial charge is 0.472 e. The van der Waals surface area contributed by atoms with Crippen LogP contribution in [0.2, 0.25) is 0 Å². The highest BCUT2D eigenvalue weighted by atomic mass is 31.2. The predicted octanol–water partition coefficient (Wildman–Crippen LogP) is 25.2. The molecule has 0 fully saturated rings. The van der Waals surface area contributed by atoms with Gasteiger partial charge in [-0.15, -0.1) is 0 Å². The smallest absolute Gasteiger partial charge is 0.462 e. The van der Waals surface area contributed by atoms with Crippen LogP contribution in [0.1, 0.15) is 446 Å². The van der Waals surface area contributed by atoms with Gasteiger partial charge in [-0.05, 0) is 31.6 Å². The van der Waals surface area contributed by atoms with Crippen molar-refractivity contribution >= 4 is 39.5 Å². The van der Waals surface area contributed by atoms with E-state index >= 15 is 0 Å². The molecule has 0 rings (SSSR count). The van der Waals surface area contributed by atoms with Crippen molar-refractivity contribution in [3.63, 3.8) is 0 Å². The molecule has 102 heavy (non-hydrogen) atoms. The fourth-order valence-corrected chi connectivity index (χ4v) is 14.5. The Bertz CT molecular complexity index is 1950. The van der Waals surface area contributed by atoms with Gasteiger partial charge in [-0.1, -0.05) is 394 Å². The lowest BCUT2D eigenvalue weighted by Gasteiger charge is -2.21. The first kappa shape index (κ1) is 100. The van der Waals surface area contributed by atoms with Gasteiger partial charge in [0.25, 0.3) is 0 Å². The molecular formula is C83H162O17P2. The standard InChI is InChI=1S/C83H162O17P2/c1-6-10-13-16-19-22-25-28-31-34-37-39-42-45-51-56-61-66-80(85)93-72-78(99-82(87)69-64-59-54-47-44-41-38-35-32-29-26-23-20-17-14-11-7-2)74-97-101(89,90)95-70-77(84)71-96-102(91,92)98-75-79(73-94-81(86)67-62-57-52-49-48-50-55-60-65-76(5)9-4)100-83(88)68-63-58-53-46-43-40-36-33-30-27-24-21-18-15-12-8-3/h76-79,84H,6-75H2,1-5H3,(H,89,90)(H,91,92)/t76?,77-,78-,79-/m1/s1. The van der Waals surface area contributed by atoms with Crippen molar-refractivity contribution in [1.29, 1.82) is 0 Å². The summed E-state index contributed by atoms with van der Waals surface area (Å²) in [5.41, 5.74) is 0. The molecule has 0 heterocycles. The molecule has 17 nitrogen and oxygen atoms in total. The number of carbonyl (C=O) groups is 4. The molecule has 0 aliphatic carbocycles. The number of ether oxygens (including phenoxy) is 4. The van der Waals surface area contributed by atoms with Crippen LogP contribution in [0.15, 0.2) is 0 Å². The molecule has 0 saturated carbocycles. The predicted molar refractivity (Wildman–Crippen MR) is 418 cm³/mol. The summed E-state index contributed by atoms with van der Waals surface area (Å²) < 4.78 is 68.8. The molecule has 3 N–H and O–H groups in total. The fraction of sp³-hybridized carbons (Fsp3) is 0.952. The number of aliphatic hydroxyl groups excluding tert-OH is 1. The Kier molecular flexibility index (Phi) is 74.4. The number of esters is 4. The summed E-state index contributed by atoms with van der Waals surface area (Å²) in [5, 5.41) is 10.7. The van der Waals surface area contributed by atoms with E-state index in [1.165, 1.54) is 270 Å². The van der Waals surface area contributed by atoms with E-state index in [4.69, 9.17) is 37.0 Å². The number of rotatable bonds is 83. The molecule has 6 atom stereocenters. The van der Waals surface area contributed by atoms with Crippen LogP contribution in [0.4, 0.5) is 0 Å². The van der Waals surface area contributed by atoms with E-state index in [2.05, 4.69) is 34.6 Å². The SMILES string of the molecule is CCCCCCCCCCCCCCCCCCCC(=O)OC[C@H](COP(=O)(O)OC[C@@H](O)COP(=O)(O)OC[C@@H](COC(=O)CCCCCCCCCCC(C)CC)OC(=O)CCCCCCCCCCCCCCCCCC)OC(=O)CCCCCCCCCCCCCCCCCCC. The van der Waals surface area contributed by atoms with Gasteiger partial charge in [-0.25, -0.2) is 9.13 Å².